The van der Waals surface area contributed by atoms with Crippen LogP contribution >= 0.6 is 0 Å². The topological polar surface area (TPSA) is 95.0 Å². The average molecular weight is 355 g/mol. The van der Waals surface area contributed by atoms with Gasteiger partial charge in [-0.15, -0.1) is 0 Å². The Labute approximate surface area is 150 Å². The van der Waals surface area contributed by atoms with Crippen LogP contribution in [-0.4, -0.2) is 25.2 Å². The van der Waals surface area contributed by atoms with Crippen LogP contribution < -0.4 is 5.32 Å². The molecule has 0 aliphatic heterocycles. The van der Waals surface area contributed by atoms with Gasteiger partial charge in [-0.1, -0.05) is 0 Å². The number of aromatic nitrogens is 3. The van der Waals surface area contributed by atoms with E-state index in [1.807, 2.05) is 27.8 Å². The third kappa shape index (κ3) is 3.17. The number of fused-ring (bicyclic) bond motifs is 1. The van der Waals surface area contributed by atoms with Crippen LogP contribution in [-0.2, 0) is 18.4 Å². The Hall–Kier alpha value is -3.16. The molecule has 3 aromatic rings. The van der Waals surface area contributed by atoms with Gasteiger partial charge in [-0.3, -0.25) is 19.6 Å². The summed E-state index contributed by atoms with van der Waals surface area (Å²) >= 11 is 0. The summed E-state index contributed by atoms with van der Waals surface area (Å²) in [6.45, 7) is 5.98. The molecule has 8 nitrogen and oxygen atoms in total. The molecule has 0 fully saturated rings. The fraction of sp³-hybridized carbons (Fsp3) is 0.333. The van der Waals surface area contributed by atoms with E-state index in [0.717, 1.165) is 27.9 Å². The highest BCUT2D eigenvalue weighted by atomic mass is 16.6. The summed E-state index contributed by atoms with van der Waals surface area (Å²) in [5, 5.41) is 19.0. The number of carbonyl (C=O) groups excluding carboxylic acids is 1. The smallest absolute Gasteiger partial charge is 0.270 e. The number of nitro benzene ring substituents is 1. The van der Waals surface area contributed by atoms with E-state index >= 15 is 0 Å². The molecule has 2 aromatic heterocycles. The molecule has 1 unspecified atom stereocenters. The van der Waals surface area contributed by atoms with Crippen LogP contribution in [0.4, 0.5) is 5.69 Å². The highest BCUT2D eigenvalue weighted by molar-refractivity contribution is 5.85. The van der Waals surface area contributed by atoms with E-state index in [0.29, 0.717) is 0 Å². The summed E-state index contributed by atoms with van der Waals surface area (Å²) in [4.78, 5) is 22.9. The normalized spacial score (nSPS) is 12.3. The third-order valence-electron chi connectivity index (χ3n) is 4.65. The molecule has 0 bridgehead atoms. The second-order valence-electron chi connectivity index (χ2n) is 6.44. The number of nitrogens with one attached hydrogen (secondary N) is 1. The molecule has 0 aliphatic carbocycles. The van der Waals surface area contributed by atoms with Crippen LogP contribution in [0.25, 0.3) is 10.9 Å². The number of aryl methyl sites for hydroxylation is 2. The maximum atomic E-state index is 12.5. The zero-order valence-electron chi connectivity index (χ0n) is 15.2. The van der Waals surface area contributed by atoms with Crippen molar-refractivity contribution in [1.82, 2.24) is 19.7 Å². The van der Waals surface area contributed by atoms with Gasteiger partial charge in [0.2, 0.25) is 5.91 Å². The Morgan fingerprint density at radius 2 is 2.08 bits per heavy atom. The Kier molecular flexibility index (Phi) is 4.50. The lowest BCUT2D eigenvalue weighted by Gasteiger charge is -2.15. The lowest BCUT2D eigenvalue weighted by molar-refractivity contribution is -0.384. The molecule has 1 aromatic carbocycles. The number of non-ortho nitro benzene ring substituents is 1. The van der Waals surface area contributed by atoms with E-state index < -0.39 is 4.92 Å². The predicted molar refractivity (Wildman–Crippen MR) is 97.8 cm³/mol. The monoisotopic (exact) mass is 355 g/mol. The summed E-state index contributed by atoms with van der Waals surface area (Å²) < 4.78 is 3.59. The number of benzene rings is 1. The van der Waals surface area contributed by atoms with E-state index in [4.69, 9.17) is 0 Å². The third-order valence-corrected chi connectivity index (χ3v) is 4.65. The molecule has 1 atom stereocenters. The fourth-order valence-corrected chi connectivity index (χ4v) is 3.37. The Bertz CT molecular complexity index is 1000. The van der Waals surface area contributed by atoms with Gasteiger partial charge in [0, 0.05) is 47.5 Å². The van der Waals surface area contributed by atoms with Crippen molar-refractivity contribution in [2.24, 2.45) is 7.05 Å². The van der Waals surface area contributed by atoms with Crippen molar-refractivity contribution < 1.29 is 9.72 Å². The molecule has 0 saturated heterocycles. The molecule has 0 aliphatic rings. The van der Waals surface area contributed by atoms with Crippen molar-refractivity contribution in [2.45, 2.75) is 33.4 Å². The number of carbonyl (C=O) groups is 1. The zero-order chi connectivity index (χ0) is 19.0. The van der Waals surface area contributed by atoms with Gasteiger partial charge in [0.15, 0.2) is 0 Å². The second kappa shape index (κ2) is 6.62. The summed E-state index contributed by atoms with van der Waals surface area (Å²) in [7, 11) is 1.88. The first-order valence-corrected chi connectivity index (χ1v) is 8.30. The first kappa shape index (κ1) is 17.7. The maximum absolute atomic E-state index is 12.5. The quantitative estimate of drug-likeness (QED) is 0.562. The van der Waals surface area contributed by atoms with Crippen molar-refractivity contribution in [2.75, 3.05) is 0 Å². The van der Waals surface area contributed by atoms with Crippen LogP contribution in [0.15, 0.2) is 30.5 Å². The van der Waals surface area contributed by atoms with Crippen molar-refractivity contribution in [3.8, 4) is 0 Å². The average Bonchev–Trinajstić information content (AvgIpc) is 3.07. The predicted octanol–water partition coefficient (Wildman–Crippen LogP) is 2.78. The minimum absolute atomic E-state index is 0.0378. The maximum Gasteiger partial charge on any atom is 0.270 e. The van der Waals surface area contributed by atoms with Gasteiger partial charge >= 0.3 is 0 Å². The molecule has 1 N–H and O–H groups in total. The van der Waals surface area contributed by atoms with Crippen LogP contribution in [0, 0.1) is 24.0 Å². The minimum atomic E-state index is -0.427. The molecule has 26 heavy (non-hydrogen) atoms. The molecule has 0 spiro atoms. The number of hydrogen-bond donors (Lipinski definition) is 1. The highest BCUT2D eigenvalue weighted by Crippen LogP contribution is 2.23. The summed E-state index contributed by atoms with van der Waals surface area (Å²) in [5.74, 6) is -0.129. The number of nitrogens with zero attached hydrogens (tertiary/aromatic N) is 4. The van der Waals surface area contributed by atoms with Crippen LogP contribution in [0.2, 0.25) is 0 Å². The first-order chi connectivity index (χ1) is 12.3. The van der Waals surface area contributed by atoms with Crippen molar-refractivity contribution in [1.29, 1.82) is 0 Å². The largest absolute Gasteiger partial charge is 0.348 e. The van der Waals surface area contributed by atoms with E-state index in [1.54, 1.807) is 27.6 Å². The molecular formula is C18H21N5O3. The minimum Gasteiger partial charge on any atom is -0.348 e. The van der Waals surface area contributed by atoms with Gasteiger partial charge in [0.25, 0.3) is 5.69 Å². The van der Waals surface area contributed by atoms with E-state index in [2.05, 4.69) is 10.4 Å². The van der Waals surface area contributed by atoms with Gasteiger partial charge < -0.3 is 9.88 Å². The SMILES string of the molecule is Cc1nn(C)c(C)c1C(C)NC(=O)Cn1ccc2cc([N+](=O)[O-])ccc21. The van der Waals surface area contributed by atoms with E-state index in [-0.39, 0.29) is 24.2 Å². The second-order valence-corrected chi connectivity index (χ2v) is 6.44. The zero-order valence-corrected chi connectivity index (χ0v) is 15.2. The molecule has 1 amide bonds. The molecule has 0 radical (unpaired) electrons. The lowest BCUT2D eigenvalue weighted by Crippen LogP contribution is -2.30. The van der Waals surface area contributed by atoms with Crippen molar-refractivity contribution in [3.05, 3.63) is 57.5 Å². The Morgan fingerprint density at radius 3 is 2.69 bits per heavy atom. The molecule has 0 saturated carbocycles. The summed E-state index contributed by atoms with van der Waals surface area (Å²) in [6.07, 6.45) is 1.76. The molecule has 8 heteroatoms. The first-order valence-electron chi connectivity index (χ1n) is 8.30. The van der Waals surface area contributed by atoms with Gasteiger partial charge in [0.05, 0.1) is 16.7 Å². The number of amides is 1. The van der Waals surface area contributed by atoms with Gasteiger partial charge in [-0.2, -0.15) is 5.10 Å². The van der Waals surface area contributed by atoms with Crippen molar-refractivity contribution in [3.63, 3.8) is 0 Å². The van der Waals surface area contributed by atoms with Gasteiger partial charge in [0.1, 0.15) is 6.54 Å². The van der Waals surface area contributed by atoms with E-state index in [1.165, 1.54) is 12.1 Å². The van der Waals surface area contributed by atoms with Crippen LogP contribution in [0.3, 0.4) is 0 Å². The molecule has 136 valence electrons. The van der Waals surface area contributed by atoms with Gasteiger partial charge in [-0.05, 0) is 32.9 Å². The highest BCUT2D eigenvalue weighted by Gasteiger charge is 2.18. The molecular weight excluding hydrogens is 334 g/mol. The van der Waals surface area contributed by atoms with Crippen LogP contribution in [0.1, 0.15) is 29.9 Å². The Morgan fingerprint density at radius 1 is 1.35 bits per heavy atom. The van der Waals surface area contributed by atoms with E-state index in [9.17, 15) is 14.9 Å². The fourth-order valence-electron chi connectivity index (χ4n) is 3.37. The Balaban J connectivity index is 1.76. The standard InChI is InChI=1S/C18H21N5O3/c1-11(18-12(2)20-21(4)13(18)3)19-17(24)10-22-8-7-14-9-15(23(25)26)5-6-16(14)22/h5-9,11H,10H2,1-4H3,(H,19,24). The number of hydrogen-bond acceptors (Lipinski definition) is 4. The van der Waals surface area contributed by atoms with Gasteiger partial charge in [-0.25, -0.2) is 0 Å². The number of nitro groups is 1. The summed E-state index contributed by atoms with van der Waals surface area (Å²) in [5.41, 5.74) is 3.77. The molecule has 3 rings (SSSR count). The van der Waals surface area contributed by atoms with Crippen LogP contribution in [0.5, 0.6) is 0 Å². The summed E-state index contributed by atoms with van der Waals surface area (Å²) in [6, 6.07) is 6.24. The lowest BCUT2D eigenvalue weighted by atomic mass is 10.1. The molecule has 2 heterocycles. The number of rotatable bonds is 5. The van der Waals surface area contributed by atoms with Crippen molar-refractivity contribution >= 4 is 22.5 Å².